The van der Waals surface area contributed by atoms with Crippen molar-refractivity contribution in [2.24, 2.45) is 28.6 Å². The van der Waals surface area contributed by atoms with Crippen molar-refractivity contribution < 1.29 is 9.90 Å². The van der Waals surface area contributed by atoms with Crippen molar-refractivity contribution in [3.63, 3.8) is 0 Å². The van der Waals surface area contributed by atoms with Crippen LogP contribution in [0.3, 0.4) is 0 Å². The summed E-state index contributed by atoms with van der Waals surface area (Å²) in [5, 5.41) is 20.4. The minimum Gasteiger partial charge on any atom is -0.375 e. The molecule has 0 radical (unpaired) electrons. The molecule has 24 heavy (non-hydrogen) atoms. The van der Waals surface area contributed by atoms with Crippen molar-refractivity contribution in [3.05, 3.63) is 35.5 Å². The quantitative estimate of drug-likeness (QED) is 0.546. The van der Waals surface area contributed by atoms with Gasteiger partial charge in [-0.25, -0.2) is 0 Å². The minimum absolute atomic E-state index is 0.0914. The van der Waals surface area contributed by atoms with Gasteiger partial charge >= 0.3 is 0 Å². The van der Waals surface area contributed by atoms with Gasteiger partial charge in [-0.15, -0.1) is 0 Å². The summed E-state index contributed by atoms with van der Waals surface area (Å²) in [6.07, 6.45) is 11.1. The summed E-state index contributed by atoms with van der Waals surface area (Å²) in [5.74, 6) is 1.17. The van der Waals surface area contributed by atoms with Gasteiger partial charge in [0.15, 0.2) is 11.4 Å². The van der Waals surface area contributed by atoms with Crippen LogP contribution in [0.25, 0.3) is 0 Å². The Labute approximate surface area is 143 Å². The van der Waals surface area contributed by atoms with Crippen LogP contribution >= 0.6 is 0 Å². The molecule has 4 aliphatic rings. The van der Waals surface area contributed by atoms with Gasteiger partial charge in [0.25, 0.3) is 0 Å². The fourth-order valence-electron chi connectivity index (χ4n) is 6.12. The molecule has 4 aliphatic carbocycles. The van der Waals surface area contributed by atoms with Crippen LogP contribution in [0, 0.1) is 39.9 Å². The SMILES string of the molecule is C[C@H]1C[C@@H]2C(=CC[C@@]3(C)[C@H]2CC[C@]3(O)C#N)[C@@]2(C)C=CC(=O)C=C12. The Morgan fingerprint density at radius 3 is 2.79 bits per heavy atom. The number of fused-ring (bicyclic) bond motifs is 5. The van der Waals surface area contributed by atoms with Crippen LogP contribution in [0.5, 0.6) is 0 Å². The van der Waals surface area contributed by atoms with E-state index in [1.807, 2.05) is 6.08 Å². The number of nitrogens with zero attached hydrogens (tertiary/aromatic N) is 1. The van der Waals surface area contributed by atoms with E-state index in [2.05, 4.69) is 39.0 Å². The number of hydrogen-bond acceptors (Lipinski definition) is 3. The van der Waals surface area contributed by atoms with Crippen LogP contribution in [0.15, 0.2) is 35.5 Å². The lowest BCUT2D eigenvalue weighted by molar-refractivity contribution is -0.110. The average molecular weight is 323 g/mol. The monoisotopic (exact) mass is 323 g/mol. The van der Waals surface area contributed by atoms with Crippen molar-refractivity contribution in [3.8, 4) is 6.07 Å². The van der Waals surface area contributed by atoms with Crippen molar-refractivity contribution in [2.45, 2.75) is 52.1 Å². The molecule has 0 unspecified atom stereocenters. The topological polar surface area (TPSA) is 61.1 Å². The highest BCUT2D eigenvalue weighted by Crippen LogP contribution is 2.65. The van der Waals surface area contributed by atoms with E-state index in [1.165, 1.54) is 11.1 Å². The summed E-state index contributed by atoms with van der Waals surface area (Å²) in [5.41, 5.74) is 0.889. The number of hydrogen-bond donors (Lipinski definition) is 1. The molecule has 0 amide bonds. The summed E-state index contributed by atoms with van der Waals surface area (Å²) in [7, 11) is 0. The summed E-state index contributed by atoms with van der Waals surface area (Å²) in [6, 6.07) is 2.21. The molecule has 0 saturated heterocycles. The van der Waals surface area contributed by atoms with E-state index in [-0.39, 0.29) is 16.6 Å². The van der Waals surface area contributed by atoms with Gasteiger partial charge < -0.3 is 5.11 Å². The Hall–Kier alpha value is -1.66. The summed E-state index contributed by atoms with van der Waals surface area (Å²) in [6.45, 7) is 6.54. The van der Waals surface area contributed by atoms with E-state index in [4.69, 9.17) is 0 Å². The maximum atomic E-state index is 11.9. The van der Waals surface area contributed by atoms with Crippen LogP contribution < -0.4 is 0 Å². The average Bonchev–Trinajstić information content (AvgIpc) is 2.82. The molecule has 0 aliphatic heterocycles. The molecule has 3 nitrogen and oxygen atoms in total. The van der Waals surface area contributed by atoms with E-state index in [1.54, 1.807) is 6.08 Å². The van der Waals surface area contributed by atoms with Gasteiger partial charge in [0.05, 0.1) is 6.07 Å². The minimum atomic E-state index is -1.21. The van der Waals surface area contributed by atoms with Crippen molar-refractivity contribution in [2.75, 3.05) is 0 Å². The number of allylic oxidation sites excluding steroid dienone is 6. The van der Waals surface area contributed by atoms with Gasteiger partial charge in [-0.1, -0.05) is 31.6 Å². The van der Waals surface area contributed by atoms with Gasteiger partial charge in [0, 0.05) is 10.8 Å². The first-order valence-electron chi connectivity index (χ1n) is 9.04. The van der Waals surface area contributed by atoms with E-state index in [9.17, 15) is 15.2 Å². The molecule has 2 fully saturated rings. The maximum Gasteiger partial charge on any atom is 0.178 e. The van der Waals surface area contributed by atoms with Crippen LogP contribution in [-0.2, 0) is 4.79 Å². The smallest absolute Gasteiger partial charge is 0.178 e. The molecule has 126 valence electrons. The number of carbonyl (C=O) groups is 1. The van der Waals surface area contributed by atoms with Gasteiger partial charge in [0.2, 0.25) is 0 Å². The van der Waals surface area contributed by atoms with Gasteiger partial charge in [-0.3, -0.25) is 4.79 Å². The number of carbonyl (C=O) groups excluding carboxylic acids is 1. The molecule has 1 N–H and O–H groups in total. The van der Waals surface area contributed by atoms with E-state index in [0.717, 1.165) is 19.3 Å². The van der Waals surface area contributed by atoms with E-state index < -0.39 is 5.60 Å². The highest BCUT2D eigenvalue weighted by Gasteiger charge is 2.62. The predicted octanol–water partition coefficient (Wildman–Crippen LogP) is 3.72. The molecule has 0 aromatic carbocycles. The van der Waals surface area contributed by atoms with Crippen molar-refractivity contribution in [1.82, 2.24) is 0 Å². The number of nitriles is 1. The Morgan fingerprint density at radius 1 is 1.33 bits per heavy atom. The van der Waals surface area contributed by atoms with Crippen molar-refractivity contribution in [1.29, 1.82) is 5.26 Å². The molecule has 0 spiro atoms. The molecule has 2 saturated carbocycles. The highest BCUT2D eigenvalue weighted by atomic mass is 16.3. The van der Waals surface area contributed by atoms with Crippen LogP contribution in [-0.4, -0.2) is 16.5 Å². The van der Waals surface area contributed by atoms with Crippen molar-refractivity contribution >= 4 is 5.78 Å². The maximum absolute atomic E-state index is 11.9. The first-order chi connectivity index (χ1) is 11.2. The lowest BCUT2D eigenvalue weighted by Gasteiger charge is -2.54. The second-order valence-electron chi connectivity index (χ2n) is 8.68. The molecule has 0 bridgehead atoms. The first kappa shape index (κ1) is 15.8. The van der Waals surface area contributed by atoms with Crippen LogP contribution in [0.1, 0.15) is 46.5 Å². The second kappa shape index (κ2) is 4.70. The molecule has 0 aromatic heterocycles. The lowest BCUT2D eigenvalue weighted by atomic mass is 9.50. The second-order valence-corrected chi connectivity index (χ2v) is 8.68. The molecule has 6 atom stereocenters. The standard InChI is InChI=1S/C21H25NO2/c1-13-10-15-16(19(2)7-4-14(23)11-18(13)19)5-8-20(3)17(15)6-9-21(20,24)12-22/h4-5,7,11,13,15,17,24H,6,8-10H2,1-3H3/t13-,15+,17-,19+,20-,21-/m0/s1. The first-order valence-corrected chi connectivity index (χ1v) is 9.04. The van der Waals surface area contributed by atoms with Crippen LogP contribution in [0.2, 0.25) is 0 Å². The molecule has 4 rings (SSSR count). The third kappa shape index (κ3) is 1.73. The fraction of sp³-hybridized carbons (Fsp3) is 0.619. The molecular formula is C21H25NO2. The third-order valence-corrected chi connectivity index (χ3v) is 7.61. The number of rotatable bonds is 0. The number of aliphatic hydroxyl groups is 1. The summed E-state index contributed by atoms with van der Waals surface area (Å²) in [4.78, 5) is 11.9. The normalized spacial score (nSPS) is 49.5. The van der Waals surface area contributed by atoms with Gasteiger partial charge in [-0.05, 0) is 68.1 Å². The molecule has 3 heteroatoms. The molecule has 0 aromatic rings. The van der Waals surface area contributed by atoms with Gasteiger partial charge in [0.1, 0.15) is 0 Å². The molecular weight excluding hydrogens is 298 g/mol. The third-order valence-electron chi connectivity index (χ3n) is 7.61. The zero-order valence-electron chi connectivity index (χ0n) is 14.7. The van der Waals surface area contributed by atoms with Gasteiger partial charge in [-0.2, -0.15) is 5.26 Å². The van der Waals surface area contributed by atoms with E-state index in [0.29, 0.717) is 24.2 Å². The Morgan fingerprint density at radius 2 is 2.08 bits per heavy atom. The highest BCUT2D eigenvalue weighted by molar-refractivity contribution is 6.01. The summed E-state index contributed by atoms with van der Waals surface area (Å²) < 4.78 is 0. The fourth-order valence-corrected chi connectivity index (χ4v) is 6.12. The lowest BCUT2D eigenvalue weighted by Crippen LogP contribution is -2.50. The number of ketones is 1. The Kier molecular flexibility index (Phi) is 3.10. The largest absolute Gasteiger partial charge is 0.375 e. The Balaban J connectivity index is 1.83. The zero-order chi connectivity index (χ0) is 17.3. The summed E-state index contributed by atoms with van der Waals surface area (Å²) >= 11 is 0. The zero-order valence-corrected chi connectivity index (χ0v) is 14.7. The van der Waals surface area contributed by atoms with E-state index >= 15 is 0 Å². The Bertz CT molecular complexity index is 754. The van der Waals surface area contributed by atoms with Crippen LogP contribution in [0.4, 0.5) is 0 Å². The molecule has 0 heterocycles. The predicted molar refractivity (Wildman–Crippen MR) is 91.7 cm³/mol.